The van der Waals surface area contributed by atoms with Crippen molar-refractivity contribution in [1.29, 1.82) is 0 Å². The largest absolute Gasteiger partial charge is 0.476 e. The summed E-state index contributed by atoms with van der Waals surface area (Å²) in [7, 11) is 4.01. The molecular weight excluding hydrogens is 250 g/mol. The lowest BCUT2D eigenvalue weighted by molar-refractivity contribution is 0.250. The number of hydrogen-bond donors (Lipinski definition) is 0. The smallest absolute Gasteiger partial charge is 0.221 e. The summed E-state index contributed by atoms with van der Waals surface area (Å²) in [4.78, 5) is 10.8. The minimum absolute atomic E-state index is 0.142. The molecule has 1 heterocycles. The van der Waals surface area contributed by atoms with Gasteiger partial charge in [-0.05, 0) is 21.0 Å². The molecule has 0 saturated carbocycles. The van der Waals surface area contributed by atoms with Gasteiger partial charge in [0.05, 0.1) is 0 Å². The molecule has 0 aliphatic heterocycles. The molecule has 102 valence electrons. The molecule has 0 N–H and O–H groups in total. The number of likely N-dealkylation sites (N-methyl/N-ethyl adjacent to an activating group) is 1. The summed E-state index contributed by atoms with van der Waals surface area (Å²) >= 11 is 6.12. The first-order valence-corrected chi connectivity index (χ1v) is 6.41. The molecule has 0 amide bonds. The highest BCUT2D eigenvalue weighted by atomic mass is 35.5. The zero-order valence-electron chi connectivity index (χ0n) is 12.0. The summed E-state index contributed by atoms with van der Waals surface area (Å²) in [6.45, 7) is 9.46. The van der Waals surface area contributed by atoms with Crippen molar-refractivity contribution in [1.82, 2.24) is 14.9 Å². The quantitative estimate of drug-likeness (QED) is 0.789. The molecule has 1 aromatic heterocycles. The number of aromatic nitrogens is 2. The van der Waals surface area contributed by atoms with Crippen LogP contribution < -0.4 is 4.74 Å². The predicted molar refractivity (Wildman–Crippen MR) is 74.5 cm³/mol. The van der Waals surface area contributed by atoms with Gasteiger partial charge in [0.25, 0.3) is 0 Å². The molecule has 0 atom stereocenters. The molecule has 0 saturated heterocycles. The van der Waals surface area contributed by atoms with Crippen molar-refractivity contribution in [2.24, 2.45) is 0 Å². The van der Waals surface area contributed by atoms with Crippen LogP contribution in [0, 0.1) is 6.92 Å². The first-order valence-electron chi connectivity index (χ1n) is 6.04. The van der Waals surface area contributed by atoms with E-state index in [1.165, 1.54) is 0 Å². The minimum atomic E-state index is -0.142. The second kappa shape index (κ2) is 5.85. The van der Waals surface area contributed by atoms with Crippen molar-refractivity contribution in [3.8, 4) is 5.88 Å². The lowest BCUT2D eigenvalue weighted by atomic mass is 9.96. The van der Waals surface area contributed by atoms with E-state index in [9.17, 15) is 0 Å². The second-order valence-electron chi connectivity index (χ2n) is 5.67. The zero-order chi connectivity index (χ0) is 13.9. The Balaban J connectivity index is 2.93. The van der Waals surface area contributed by atoms with Crippen molar-refractivity contribution in [3.05, 3.63) is 16.5 Å². The van der Waals surface area contributed by atoms with Crippen LogP contribution in [0.5, 0.6) is 5.88 Å². The van der Waals surface area contributed by atoms with Crippen molar-refractivity contribution >= 4 is 11.6 Å². The summed E-state index contributed by atoms with van der Waals surface area (Å²) in [5.41, 5.74) is 0.653. The Morgan fingerprint density at radius 2 is 1.83 bits per heavy atom. The van der Waals surface area contributed by atoms with Crippen LogP contribution in [-0.4, -0.2) is 42.1 Å². The predicted octanol–water partition coefficient (Wildman–Crippen LogP) is 2.68. The fourth-order valence-electron chi connectivity index (χ4n) is 1.27. The van der Waals surface area contributed by atoms with Crippen molar-refractivity contribution in [2.45, 2.75) is 33.1 Å². The van der Waals surface area contributed by atoms with Crippen molar-refractivity contribution in [3.63, 3.8) is 0 Å². The third kappa shape index (κ3) is 4.10. The summed E-state index contributed by atoms with van der Waals surface area (Å²) in [5, 5.41) is 0.467. The molecule has 1 aromatic rings. The first kappa shape index (κ1) is 15.2. The minimum Gasteiger partial charge on any atom is -0.476 e. The number of ether oxygens (including phenoxy) is 1. The molecule has 5 heteroatoms. The third-order valence-corrected chi connectivity index (χ3v) is 2.86. The Hall–Kier alpha value is -0.870. The van der Waals surface area contributed by atoms with Crippen LogP contribution in [0.2, 0.25) is 5.15 Å². The summed E-state index contributed by atoms with van der Waals surface area (Å²) in [5.74, 6) is 1.29. The summed E-state index contributed by atoms with van der Waals surface area (Å²) in [6.07, 6.45) is 0. The van der Waals surface area contributed by atoms with Gasteiger partial charge < -0.3 is 9.64 Å². The van der Waals surface area contributed by atoms with Crippen LogP contribution in [0.4, 0.5) is 0 Å². The van der Waals surface area contributed by atoms with Crippen molar-refractivity contribution < 1.29 is 4.74 Å². The highest BCUT2D eigenvalue weighted by molar-refractivity contribution is 6.30. The average Bonchev–Trinajstić information content (AvgIpc) is 2.22. The molecule has 1 rings (SSSR count). The normalized spacial score (nSPS) is 12.0. The Bertz CT molecular complexity index is 413. The molecule has 0 unspecified atom stereocenters. The average molecular weight is 272 g/mol. The molecule has 0 fully saturated rings. The molecule has 4 nitrogen and oxygen atoms in total. The molecule has 0 aromatic carbocycles. The van der Waals surface area contributed by atoms with Gasteiger partial charge in [-0.15, -0.1) is 0 Å². The summed E-state index contributed by atoms with van der Waals surface area (Å²) in [6, 6.07) is 0. The molecular formula is C13H22ClN3O. The van der Waals surface area contributed by atoms with Gasteiger partial charge in [-0.3, -0.25) is 0 Å². The highest BCUT2D eigenvalue weighted by Gasteiger charge is 2.21. The van der Waals surface area contributed by atoms with E-state index >= 15 is 0 Å². The first-order chi connectivity index (χ1) is 8.21. The monoisotopic (exact) mass is 271 g/mol. The lowest BCUT2D eigenvalue weighted by Crippen LogP contribution is -2.21. The SMILES string of the molecule is Cc1c(Cl)nc(C(C)(C)C)nc1OCCN(C)C. The van der Waals surface area contributed by atoms with Crippen LogP contribution in [-0.2, 0) is 5.41 Å². The van der Waals surface area contributed by atoms with Gasteiger partial charge in [-0.25, -0.2) is 4.98 Å². The highest BCUT2D eigenvalue weighted by Crippen LogP contribution is 2.27. The molecule has 0 radical (unpaired) electrons. The van der Waals surface area contributed by atoms with E-state index in [-0.39, 0.29) is 5.41 Å². The van der Waals surface area contributed by atoms with Gasteiger partial charge >= 0.3 is 0 Å². The van der Waals surface area contributed by atoms with Crippen LogP contribution in [0.25, 0.3) is 0 Å². The number of halogens is 1. The van der Waals surface area contributed by atoms with E-state index in [2.05, 4.69) is 35.6 Å². The number of hydrogen-bond acceptors (Lipinski definition) is 4. The molecule has 0 bridgehead atoms. The van der Waals surface area contributed by atoms with Gasteiger partial charge in [0.2, 0.25) is 5.88 Å². The zero-order valence-corrected chi connectivity index (χ0v) is 12.8. The molecule has 18 heavy (non-hydrogen) atoms. The second-order valence-corrected chi connectivity index (χ2v) is 6.03. The fraction of sp³-hybridized carbons (Fsp3) is 0.692. The van der Waals surface area contributed by atoms with E-state index in [0.717, 1.165) is 12.1 Å². The van der Waals surface area contributed by atoms with Crippen molar-refractivity contribution in [2.75, 3.05) is 27.2 Å². The Kier molecular flexibility index (Phi) is 4.93. The summed E-state index contributed by atoms with van der Waals surface area (Å²) < 4.78 is 5.69. The van der Waals surface area contributed by atoms with Crippen LogP contribution in [0.1, 0.15) is 32.2 Å². The van der Waals surface area contributed by atoms with E-state index in [1.807, 2.05) is 21.0 Å². The van der Waals surface area contributed by atoms with Crippen LogP contribution in [0.3, 0.4) is 0 Å². The van der Waals surface area contributed by atoms with E-state index in [4.69, 9.17) is 16.3 Å². The van der Waals surface area contributed by atoms with Gasteiger partial charge in [-0.1, -0.05) is 32.4 Å². The maximum absolute atomic E-state index is 6.12. The van der Waals surface area contributed by atoms with E-state index in [0.29, 0.717) is 23.5 Å². The Morgan fingerprint density at radius 1 is 1.22 bits per heavy atom. The Morgan fingerprint density at radius 3 is 2.33 bits per heavy atom. The van der Waals surface area contributed by atoms with E-state index < -0.39 is 0 Å². The topological polar surface area (TPSA) is 38.3 Å². The number of rotatable bonds is 4. The van der Waals surface area contributed by atoms with Gasteiger partial charge in [0, 0.05) is 17.5 Å². The van der Waals surface area contributed by atoms with Crippen LogP contribution in [0.15, 0.2) is 0 Å². The number of nitrogens with zero attached hydrogens (tertiary/aromatic N) is 3. The molecule has 0 aliphatic carbocycles. The lowest BCUT2D eigenvalue weighted by Gasteiger charge is -2.19. The van der Waals surface area contributed by atoms with Crippen LogP contribution >= 0.6 is 11.6 Å². The third-order valence-electron chi connectivity index (χ3n) is 2.49. The van der Waals surface area contributed by atoms with Gasteiger partial charge in [-0.2, -0.15) is 4.98 Å². The van der Waals surface area contributed by atoms with E-state index in [1.54, 1.807) is 0 Å². The maximum Gasteiger partial charge on any atom is 0.221 e. The molecule has 0 aliphatic rings. The van der Waals surface area contributed by atoms with Gasteiger partial charge in [0.1, 0.15) is 17.6 Å². The standard InChI is InChI=1S/C13H22ClN3O/c1-9-10(14)15-12(13(2,3)4)16-11(9)18-8-7-17(5)6/h7-8H2,1-6H3. The maximum atomic E-state index is 6.12. The molecule has 0 spiro atoms. The van der Waals surface area contributed by atoms with Gasteiger partial charge in [0.15, 0.2) is 0 Å². The fourth-order valence-corrected chi connectivity index (χ4v) is 1.43. The Labute approximate surface area is 114 Å².